The Labute approximate surface area is 96.6 Å². The molecule has 0 amide bonds. The largest absolute Gasteiger partial charge is 0.504 e. The predicted molar refractivity (Wildman–Crippen MR) is 58.7 cm³/mol. The molecule has 0 saturated heterocycles. The highest BCUT2D eigenvalue weighted by Crippen LogP contribution is 2.32. The SMILES string of the molecule is COCOc1cc2c(Cl)ncnc2cc1O. The van der Waals surface area contributed by atoms with Crippen LogP contribution in [0, 0.1) is 0 Å². The number of methoxy groups -OCH3 is 1. The number of benzene rings is 1. The number of nitrogens with zero attached hydrogens (tertiary/aromatic N) is 2. The molecular weight excluding hydrogens is 232 g/mol. The molecule has 1 aromatic carbocycles. The van der Waals surface area contributed by atoms with Gasteiger partial charge in [0.2, 0.25) is 0 Å². The van der Waals surface area contributed by atoms with E-state index in [1.165, 1.54) is 19.5 Å². The van der Waals surface area contributed by atoms with Crippen LogP contribution in [0.25, 0.3) is 10.9 Å². The van der Waals surface area contributed by atoms with Crippen molar-refractivity contribution in [1.82, 2.24) is 9.97 Å². The Morgan fingerprint density at radius 3 is 2.94 bits per heavy atom. The highest BCUT2D eigenvalue weighted by atomic mass is 35.5. The van der Waals surface area contributed by atoms with Crippen molar-refractivity contribution in [3.8, 4) is 11.5 Å². The first-order valence-corrected chi connectivity index (χ1v) is 4.85. The van der Waals surface area contributed by atoms with Crippen molar-refractivity contribution in [3.63, 3.8) is 0 Å². The molecule has 16 heavy (non-hydrogen) atoms. The highest BCUT2D eigenvalue weighted by molar-refractivity contribution is 6.34. The summed E-state index contributed by atoms with van der Waals surface area (Å²) in [6, 6.07) is 3.04. The molecule has 1 N–H and O–H groups in total. The van der Waals surface area contributed by atoms with Crippen LogP contribution in [0.15, 0.2) is 18.5 Å². The van der Waals surface area contributed by atoms with Gasteiger partial charge < -0.3 is 14.6 Å². The van der Waals surface area contributed by atoms with Gasteiger partial charge in [-0.1, -0.05) is 11.6 Å². The molecule has 84 valence electrons. The van der Waals surface area contributed by atoms with Crippen LogP contribution in [0.2, 0.25) is 5.15 Å². The minimum atomic E-state index is -0.0145. The molecule has 0 saturated carbocycles. The topological polar surface area (TPSA) is 64.5 Å². The van der Waals surface area contributed by atoms with E-state index in [1.807, 2.05) is 0 Å². The average Bonchev–Trinajstić information content (AvgIpc) is 2.27. The molecule has 2 rings (SSSR count). The number of hydrogen-bond acceptors (Lipinski definition) is 5. The molecule has 2 aromatic rings. The van der Waals surface area contributed by atoms with E-state index in [2.05, 4.69) is 9.97 Å². The minimum absolute atomic E-state index is 0.0145. The van der Waals surface area contributed by atoms with E-state index in [-0.39, 0.29) is 18.3 Å². The van der Waals surface area contributed by atoms with E-state index in [0.717, 1.165) is 0 Å². The van der Waals surface area contributed by atoms with Crippen LogP contribution < -0.4 is 4.74 Å². The van der Waals surface area contributed by atoms with Crippen LogP contribution in [-0.2, 0) is 4.74 Å². The van der Waals surface area contributed by atoms with Gasteiger partial charge in [-0.15, -0.1) is 0 Å². The second kappa shape index (κ2) is 4.51. The van der Waals surface area contributed by atoms with Gasteiger partial charge in [-0.3, -0.25) is 0 Å². The first kappa shape index (κ1) is 10.9. The molecule has 1 aromatic heterocycles. The van der Waals surface area contributed by atoms with Crippen molar-refractivity contribution in [3.05, 3.63) is 23.6 Å². The quantitative estimate of drug-likeness (QED) is 0.656. The zero-order valence-corrected chi connectivity index (χ0v) is 9.23. The number of halogens is 1. The fourth-order valence-corrected chi connectivity index (χ4v) is 1.47. The lowest BCUT2D eigenvalue weighted by molar-refractivity contribution is 0.0493. The summed E-state index contributed by atoms with van der Waals surface area (Å²) in [5.41, 5.74) is 0.558. The van der Waals surface area contributed by atoms with Crippen LogP contribution in [0.4, 0.5) is 0 Å². The maximum absolute atomic E-state index is 9.64. The Kier molecular flexibility index (Phi) is 3.07. The maximum atomic E-state index is 9.64. The smallest absolute Gasteiger partial charge is 0.188 e. The summed E-state index contributed by atoms with van der Waals surface area (Å²) in [5.74, 6) is 0.269. The molecule has 0 unspecified atom stereocenters. The molecule has 0 fully saturated rings. The van der Waals surface area contributed by atoms with Gasteiger partial charge >= 0.3 is 0 Å². The zero-order chi connectivity index (χ0) is 11.5. The fourth-order valence-electron chi connectivity index (χ4n) is 1.28. The van der Waals surface area contributed by atoms with E-state index in [1.54, 1.807) is 6.07 Å². The van der Waals surface area contributed by atoms with Gasteiger partial charge in [0.1, 0.15) is 11.5 Å². The van der Waals surface area contributed by atoms with Crippen molar-refractivity contribution < 1.29 is 14.6 Å². The van der Waals surface area contributed by atoms with Gasteiger partial charge in [0.25, 0.3) is 0 Å². The summed E-state index contributed by atoms with van der Waals surface area (Å²) in [6.07, 6.45) is 1.33. The van der Waals surface area contributed by atoms with Crippen molar-refractivity contribution in [2.75, 3.05) is 13.9 Å². The Morgan fingerprint density at radius 1 is 1.38 bits per heavy atom. The Hall–Kier alpha value is -1.59. The van der Waals surface area contributed by atoms with Crippen LogP contribution in [0.5, 0.6) is 11.5 Å². The first-order chi connectivity index (χ1) is 7.72. The molecule has 0 radical (unpaired) electrons. The van der Waals surface area contributed by atoms with Crippen molar-refractivity contribution in [2.24, 2.45) is 0 Å². The average molecular weight is 241 g/mol. The molecule has 0 aliphatic carbocycles. The molecule has 5 nitrogen and oxygen atoms in total. The normalized spacial score (nSPS) is 10.6. The minimum Gasteiger partial charge on any atom is -0.504 e. The van der Waals surface area contributed by atoms with Gasteiger partial charge in [0, 0.05) is 18.6 Å². The lowest BCUT2D eigenvalue weighted by Gasteiger charge is -2.08. The Bertz CT molecular complexity index is 519. The first-order valence-electron chi connectivity index (χ1n) is 4.47. The number of phenolic OH excluding ortho intramolecular Hbond substituents is 1. The molecule has 1 heterocycles. The monoisotopic (exact) mass is 240 g/mol. The number of rotatable bonds is 3. The van der Waals surface area contributed by atoms with Crippen molar-refractivity contribution in [2.45, 2.75) is 0 Å². The lowest BCUT2D eigenvalue weighted by Crippen LogP contribution is -1.99. The third-order valence-corrected chi connectivity index (χ3v) is 2.30. The molecule has 0 bridgehead atoms. The standard InChI is InChI=1S/C10H9ClN2O3/c1-15-5-16-9-2-6-7(3-8(9)14)12-4-13-10(6)11/h2-4,14H,5H2,1H3. The number of fused-ring (bicyclic) bond motifs is 1. The van der Waals surface area contributed by atoms with E-state index < -0.39 is 0 Å². The fraction of sp³-hybridized carbons (Fsp3) is 0.200. The molecule has 0 spiro atoms. The second-order valence-electron chi connectivity index (χ2n) is 3.05. The Morgan fingerprint density at radius 2 is 2.19 bits per heavy atom. The predicted octanol–water partition coefficient (Wildman–Crippen LogP) is 1.97. The number of aromatic hydroxyl groups is 1. The Balaban J connectivity index is 2.51. The summed E-state index contributed by atoms with van der Waals surface area (Å²) in [7, 11) is 1.49. The third kappa shape index (κ3) is 2.00. The van der Waals surface area contributed by atoms with Crippen LogP contribution >= 0.6 is 11.6 Å². The number of phenols is 1. The zero-order valence-electron chi connectivity index (χ0n) is 8.48. The number of hydrogen-bond donors (Lipinski definition) is 1. The summed E-state index contributed by atoms with van der Waals surface area (Å²) in [5, 5.41) is 10.6. The van der Waals surface area contributed by atoms with Crippen molar-refractivity contribution >= 4 is 22.5 Å². The summed E-state index contributed by atoms with van der Waals surface area (Å²) in [6.45, 7) is 0.0460. The molecule has 0 aliphatic rings. The van der Waals surface area contributed by atoms with Gasteiger partial charge in [0.05, 0.1) is 5.52 Å². The summed E-state index contributed by atoms with van der Waals surface area (Å²) in [4.78, 5) is 7.83. The van der Waals surface area contributed by atoms with Crippen LogP contribution in [-0.4, -0.2) is 29.0 Å². The van der Waals surface area contributed by atoms with Gasteiger partial charge in [-0.2, -0.15) is 0 Å². The number of ether oxygens (including phenoxy) is 2. The van der Waals surface area contributed by atoms with Crippen LogP contribution in [0.3, 0.4) is 0 Å². The summed E-state index contributed by atoms with van der Waals surface area (Å²) >= 11 is 5.90. The van der Waals surface area contributed by atoms with E-state index in [4.69, 9.17) is 21.1 Å². The van der Waals surface area contributed by atoms with E-state index in [9.17, 15) is 5.11 Å². The van der Waals surface area contributed by atoms with Crippen LogP contribution in [0.1, 0.15) is 0 Å². The molecule has 0 atom stereocenters. The molecular formula is C10H9ClN2O3. The van der Waals surface area contributed by atoms with E-state index in [0.29, 0.717) is 16.1 Å². The lowest BCUT2D eigenvalue weighted by atomic mass is 10.2. The summed E-state index contributed by atoms with van der Waals surface area (Å²) < 4.78 is 9.91. The van der Waals surface area contributed by atoms with Crippen molar-refractivity contribution in [1.29, 1.82) is 0 Å². The second-order valence-corrected chi connectivity index (χ2v) is 3.41. The molecule has 6 heteroatoms. The van der Waals surface area contributed by atoms with Gasteiger partial charge in [-0.25, -0.2) is 9.97 Å². The molecule has 0 aliphatic heterocycles. The van der Waals surface area contributed by atoms with Gasteiger partial charge in [0.15, 0.2) is 18.3 Å². The third-order valence-electron chi connectivity index (χ3n) is 2.00. The number of aromatic nitrogens is 2. The maximum Gasteiger partial charge on any atom is 0.188 e. The van der Waals surface area contributed by atoms with E-state index >= 15 is 0 Å². The highest BCUT2D eigenvalue weighted by Gasteiger charge is 2.08. The van der Waals surface area contributed by atoms with Gasteiger partial charge in [-0.05, 0) is 6.07 Å².